The third kappa shape index (κ3) is 5.70. The molecule has 0 aromatic carbocycles. The Labute approximate surface area is 102 Å². The Balaban J connectivity index is 1.96. The Hall–Kier alpha value is -1.10. The van der Waals surface area contributed by atoms with Crippen molar-refractivity contribution in [3.8, 4) is 0 Å². The number of aromatic nitrogens is 2. The fraction of sp³-hybridized carbons (Fsp3) is 0.636. The van der Waals surface area contributed by atoms with Gasteiger partial charge in [0.2, 0.25) is 0 Å². The van der Waals surface area contributed by atoms with E-state index < -0.39 is 0 Å². The normalized spacial score (nSPS) is 10.1. The fourth-order valence-electron chi connectivity index (χ4n) is 1.33. The Morgan fingerprint density at radius 2 is 2.12 bits per heavy atom. The molecule has 0 radical (unpaired) electrons. The maximum absolute atomic E-state index is 5.14. The maximum atomic E-state index is 5.14. The summed E-state index contributed by atoms with van der Waals surface area (Å²) in [6.45, 7) is 4.01. The monoisotopic (exact) mass is 240 g/mol. The van der Waals surface area contributed by atoms with Gasteiger partial charge in [0, 0.05) is 31.9 Å². The summed E-state index contributed by atoms with van der Waals surface area (Å²) in [6, 6.07) is 0. The van der Waals surface area contributed by atoms with E-state index >= 15 is 0 Å². The molecule has 1 aromatic rings. The SMILES string of the molecule is CCCCNC(=S)NCCCc1ncc[nH]1. The molecule has 3 N–H and O–H groups in total. The van der Waals surface area contributed by atoms with Crippen LogP contribution in [-0.2, 0) is 6.42 Å². The molecule has 1 heterocycles. The lowest BCUT2D eigenvalue weighted by Crippen LogP contribution is -2.36. The first-order chi connectivity index (χ1) is 7.83. The van der Waals surface area contributed by atoms with Crippen molar-refractivity contribution in [3.63, 3.8) is 0 Å². The topological polar surface area (TPSA) is 52.7 Å². The number of aryl methyl sites for hydroxylation is 1. The minimum absolute atomic E-state index is 0.757. The average Bonchev–Trinajstić information content (AvgIpc) is 2.78. The standard InChI is InChI=1S/C11H20N4S/c1-2-3-6-14-11(16)15-7-4-5-10-12-8-9-13-10/h8-9H,2-7H2,1H3,(H,12,13)(H2,14,15,16). The van der Waals surface area contributed by atoms with E-state index in [2.05, 4.69) is 27.5 Å². The molecule has 0 saturated heterocycles. The van der Waals surface area contributed by atoms with Crippen LogP contribution in [0, 0.1) is 0 Å². The number of imidazole rings is 1. The van der Waals surface area contributed by atoms with Crippen molar-refractivity contribution in [3.05, 3.63) is 18.2 Å². The molecule has 90 valence electrons. The lowest BCUT2D eigenvalue weighted by atomic mass is 10.3. The number of hydrogen-bond donors (Lipinski definition) is 3. The molecule has 0 unspecified atom stereocenters. The van der Waals surface area contributed by atoms with Gasteiger partial charge in [0.25, 0.3) is 0 Å². The number of nitrogens with one attached hydrogen (secondary N) is 3. The molecule has 0 saturated carbocycles. The molecular formula is C11H20N4S. The van der Waals surface area contributed by atoms with E-state index in [0.29, 0.717) is 0 Å². The molecular weight excluding hydrogens is 220 g/mol. The van der Waals surface area contributed by atoms with Crippen LogP contribution in [0.15, 0.2) is 12.4 Å². The van der Waals surface area contributed by atoms with E-state index in [4.69, 9.17) is 12.2 Å². The summed E-state index contributed by atoms with van der Waals surface area (Å²) >= 11 is 5.14. The van der Waals surface area contributed by atoms with Crippen LogP contribution >= 0.6 is 12.2 Å². The number of thiocarbonyl (C=S) groups is 1. The second-order valence-electron chi connectivity index (χ2n) is 3.68. The highest BCUT2D eigenvalue weighted by Gasteiger charge is 1.96. The number of unbranched alkanes of at least 4 members (excludes halogenated alkanes) is 1. The molecule has 4 nitrogen and oxygen atoms in total. The summed E-state index contributed by atoms with van der Waals surface area (Å²) in [5.74, 6) is 1.03. The van der Waals surface area contributed by atoms with Gasteiger partial charge >= 0.3 is 0 Å². The van der Waals surface area contributed by atoms with Crippen molar-refractivity contribution < 1.29 is 0 Å². The van der Waals surface area contributed by atoms with Gasteiger partial charge in [-0.3, -0.25) is 0 Å². The third-order valence-electron chi connectivity index (χ3n) is 2.25. The number of nitrogens with zero attached hydrogens (tertiary/aromatic N) is 1. The zero-order valence-corrected chi connectivity index (χ0v) is 10.6. The molecule has 0 atom stereocenters. The van der Waals surface area contributed by atoms with Gasteiger partial charge in [-0.2, -0.15) is 0 Å². The van der Waals surface area contributed by atoms with Crippen LogP contribution in [0.1, 0.15) is 32.0 Å². The van der Waals surface area contributed by atoms with Crippen molar-refractivity contribution in [2.45, 2.75) is 32.6 Å². The molecule has 0 spiro atoms. The first kappa shape index (κ1) is 13.0. The molecule has 1 rings (SSSR count). The smallest absolute Gasteiger partial charge is 0.166 e. The molecule has 0 aliphatic rings. The van der Waals surface area contributed by atoms with Gasteiger partial charge in [0.1, 0.15) is 5.82 Å². The summed E-state index contributed by atoms with van der Waals surface area (Å²) in [4.78, 5) is 7.24. The second-order valence-corrected chi connectivity index (χ2v) is 4.08. The van der Waals surface area contributed by atoms with E-state index in [1.807, 2.05) is 6.20 Å². The molecule has 0 aliphatic carbocycles. The summed E-state index contributed by atoms with van der Waals surface area (Å²) in [5.41, 5.74) is 0. The number of rotatable bonds is 7. The van der Waals surface area contributed by atoms with Crippen LogP contribution in [-0.4, -0.2) is 28.2 Å². The Morgan fingerprint density at radius 1 is 1.38 bits per heavy atom. The molecule has 0 amide bonds. The van der Waals surface area contributed by atoms with E-state index in [9.17, 15) is 0 Å². The number of hydrogen-bond acceptors (Lipinski definition) is 2. The van der Waals surface area contributed by atoms with Gasteiger partial charge in [0.15, 0.2) is 5.11 Å². The molecule has 5 heteroatoms. The summed E-state index contributed by atoms with van der Waals surface area (Å²) in [6.07, 6.45) is 7.96. The maximum Gasteiger partial charge on any atom is 0.166 e. The molecule has 16 heavy (non-hydrogen) atoms. The Kier molecular flexibility index (Phi) is 6.56. The van der Waals surface area contributed by atoms with E-state index in [0.717, 1.165) is 43.3 Å². The van der Waals surface area contributed by atoms with E-state index in [1.165, 1.54) is 6.42 Å². The average molecular weight is 240 g/mol. The van der Waals surface area contributed by atoms with Crippen molar-refractivity contribution in [1.29, 1.82) is 0 Å². The molecule has 0 aliphatic heterocycles. The van der Waals surface area contributed by atoms with Crippen molar-refractivity contribution in [1.82, 2.24) is 20.6 Å². The first-order valence-corrected chi connectivity index (χ1v) is 6.23. The van der Waals surface area contributed by atoms with Crippen molar-refractivity contribution >= 4 is 17.3 Å². The lowest BCUT2D eigenvalue weighted by molar-refractivity contribution is 0.713. The third-order valence-corrected chi connectivity index (χ3v) is 2.54. The van der Waals surface area contributed by atoms with E-state index in [-0.39, 0.29) is 0 Å². The largest absolute Gasteiger partial charge is 0.363 e. The van der Waals surface area contributed by atoms with Gasteiger partial charge < -0.3 is 15.6 Å². The highest BCUT2D eigenvalue weighted by atomic mass is 32.1. The predicted octanol–water partition coefficient (Wildman–Crippen LogP) is 1.61. The van der Waals surface area contributed by atoms with Crippen LogP contribution < -0.4 is 10.6 Å². The van der Waals surface area contributed by atoms with Crippen molar-refractivity contribution in [2.75, 3.05) is 13.1 Å². The minimum Gasteiger partial charge on any atom is -0.363 e. The zero-order valence-electron chi connectivity index (χ0n) is 9.75. The quantitative estimate of drug-likeness (QED) is 0.500. The van der Waals surface area contributed by atoms with Crippen molar-refractivity contribution in [2.24, 2.45) is 0 Å². The van der Waals surface area contributed by atoms with Gasteiger partial charge in [-0.15, -0.1) is 0 Å². The molecule has 0 fully saturated rings. The van der Waals surface area contributed by atoms with Crippen LogP contribution in [0.25, 0.3) is 0 Å². The number of H-pyrrole nitrogens is 1. The minimum atomic E-state index is 0.757. The highest BCUT2D eigenvalue weighted by molar-refractivity contribution is 7.80. The van der Waals surface area contributed by atoms with Crippen LogP contribution in [0.3, 0.4) is 0 Å². The highest BCUT2D eigenvalue weighted by Crippen LogP contribution is 1.93. The van der Waals surface area contributed by atoms with Gasteiger partial charge in [-0.1, -0.05) is 13.3 Å². The van der Waals surface area contributed by atoms with Gasteiger partial charge in [-0.25, -0.2) is 4.98 Å². The van der Waals surface area contributed by atoms with Crippen LogP contribution in [0.4, 0.5) is 0 Å². The number of aromatic amines is 1. The zero-order chi connectivity index (χ0) is 11.6. The molecule has 0 bridgehead atoms. The van der Waals surface area contributed by atoms with Gasteiger partial charge in [-0.05, 0) is 25.1 Å². The van der Waals surface area contributed by atoms with E-state index in [1.54, 1.807) is 6.20 Å². The predicted molar refractivity (Wildman–Crippen MR) is 70.4 cm³/mol. The Morgan fingerprint density at radius 3 is 2.75 bits per heavy atom. The lowest BCUT2D eigenvalue weighted by Gasteiger charge is -2.09. The summed E-state index contributed by atoms with van der Waals surface area (Å²) < 4.78 is 0. The van der Waals surface area contributed by atoms with Gasteiger partial charge in [0.05, 0.1) is 0 Å². The fourth-order valence-corrected chi connectivity index (χ4v) is 1.54. The van der Waals surface area contributed by atoms with Crippen LogP contribution in [0.2, 0.25) is 0 Å². The first-order valence-electron chi connectivity index (χ1n) is 5.83. The second kappa shape index (κ2) is 8.10. The Bertz CT molecular complexity index is 284. The molecule has 1 aromatic heterocycles. The summed E-state index contributed by atoms with van der Waals surface area (Å²) in [5, 5.41) is 7.11. The summed E-state index contributed by atoms with van der Waals surface area (Å²) in [7, 11) is 0. The van der Waals surface area contributed by atoms with Crippen LogP contribution in [0.5, 0.6) is 0 Å².